The molecule has 1 atom stereocenters. The number of aromatic nitrogens is 2. The van der Waals surface area contributed by atoms with Crippen molar-refractivity contribution in [1.82, 2.24) is 9.78 Å². The smallest absolute Gasteiger partial charge is 0.256 e. The Morgan fingerprint density at radius 2 is 1.93 bits per heavy atom. The predicted molar refractivity (Wildman–Crippen MR) is 99.1 cm³/mol. The number of amides is 2. The standard InChI is InChI=1S/C20H16F2N4O2/c1-26-19-17(13(10-16(27)23-19)11-5-3-2-4-6-11)18(25-26)24-20(28)12-7-8-14(21)15(22)9-12/h2-9,13H,10H2,1H3,(H,23,27)(H,24,25,28)/t13-/m0/s1. The molecule has 2 aromatic carbocycles. The van der Waals surface area contributed by atoms with Crippen LogP contribution in [0, 0.1) is 11.6 Å². The summed E-state index contributed by atoms with van der Waals surface area (Å²) in [7, 11) is 1.65. The van der Waals surface area contributed by atoms with Gasteiger partial charge in [-0.05, 0) is 23.8 Å². The summed E-state index contributed by atoms with van der Waals surface area (Å²) < 4.78 is 28.1. The van der Waals surface area contributed by atoms with Crippen LogP contribution in [0.4, 0.5) is 20.4 Å². The molecule has 0 unspecified atom stereocenters. The summed E-state index contributed by atoms with van der Waals surface area (Å²) in [4.78, 5) is 24.7. The van der Waals surface area contributed by atoms with Crippen LogP contribution in [0.2, 0.25) is 0 Å². The molecule has 0 fully saturated rings. The van der Waals surface area contributed by atoms with Gasteiger partial charge in [-0.1, -0.05) is 30.3 Å². The van der Waals surface area contributed by atoms with E-state index in [0.29, 0.717) is 11.4 Å². The van der Waals surface area contributed by atoms with E-state index < -0.39 is 17.5 Å². The highest BCUT2D eigenvalue weighted by atomic mass is 19.2. The van der Waals surface area contributed by atoms with Gasteiger partial charge in [0.25, 0.3) is 5.91 Å². The van der Waals surface area contributed by atoms with Gasteiger partial charge in [-0.15, -0.1) is 0 Å². The number of hydrogen-bond acceptors (Lipinski definition) is 3. The Balaban J connectivity index is 1.73. The van der Waals surface area contributed by atoms with Crippen LogP contribution in [0.1, 0.15) is 33.8 Å². The first-order chi connectivity index (χ1) is 13.4. The first-order valence-electron chi connectivity index (χ1n) is 8.62. The largest absolute Gasteiger partial charge is 0.311 e. The molecule has 0 aliphatic carbocycles. The van der Waals surface area contributed by atoms with Crippen LogP contribution in [0.5, 0.6) is 0 Å². The highest BCUT2D eigenvalue weighted by Crippen LogP contribution is 2.41. The van der Waals surface area contributed by atoms with Crippen molar-refractivity contribution in [3.63, 3.8) is 0 Å². The maximum Gasteiger partial charge on any atom is 0.256 e. The van der Waals surface area contributed by atoms with E-state index in [4.69, 9.17) is 0 Å². The van der Waals surface area contributed by atoms with Gasteiger partial charge in [0.15, 0.2) is 17.5 Å². The van der Waals surface area contributed by atoms with Crippen molar-refractivity contribution >= 4 is 23.5 Å². The number of aryl methyl sites for hydroxylation is 1. The zero-order valence-corrected chi connectivity index (χ0v) is 14.9. The van der Waals surface area contributed by atoms with E-state index in [1.165, 1.54) is 10.7 Å². The van der Waals surface area contributed by atoms with Gasteiger partial charge in [-0.3, -0.25) is 14.3 Å². The van der Waals surface area contributed by atoms with Crippen molar-refractivity contribution in [2.75, 3.05) is 10.6 Å². The minimum Gasteiger partial charge on any atom is -0.311 e. The second kappa shape index (κ2) is 6.88. The summed E-state index contributed by atoms with van der Waals surface area (Å²) in [6, 6.07) is 12.3. The topological polar surface area (TPSA) is 76.0 Å². The fraction of sp³-hybridized carbons (Fsp3) is 0.150. The van der Waals surface area contributed by atoms with Crippen molar-refractivity contribution in [3.8, 4) is 0 Å². The minimum atomic E-state index is -1.11. The summed E-state index contributed by atoms with van der Waals surface area (Å²) in [5.41, 5.74) is 1.55. The van der Waals surface area contributed by atoms with Gasteiger partial charge in [0.1, 0.15) is 5.82 Å². The molecule has 3 aromatic rings. The lowest BCUT2D eigenvalue weighted by Gasteiger charge is -2.24. The Labute approximate surface area is 159 Å². The first kappa shape index (κ1) is 17.8. The molecule has 0 spiro atoms. The van der Waals surface area contributed by atoms with Gasteiger partial charge in [0.05, 0.1) is 0 Å². The van der Waals surface area contributed by atoms with E-state index in [9.17, 15) is 18.4 Å². The van der Waals surface area contributed by atoms with Gasteiger partial charge in [0, 0.05) is 30.5 Å². The lowest BCUT2D eigenvalue weighted by molar-refractivity contribution is -0.116. The first-order valence-corrected chi connectivity index (χ1v) is 8.62. The molecule has 1 aliphatic heterocycles. The predicted octanol–water partition coefficient (Wildman–Crippen LogP) is 3.42. The zero-order chi connectivity index (χ0) is 19.8. The molecular formula is C20H16F2N4O2. The molecule has 6 nitrogen and oxygen atoms in total. The van der Waals surface area contributed by atoms with Crippen LogP contribution in [-0.2, 0) is 11.8 Å². The number of carbonyl (C=O) groups is 2. The van der Waals surface area contributed by atoms with Gasteiger partial charge in [0.2, 0.25) is 5.91 Å². The number of nitrogens with zero attached hydrogens (tertiary/aromatic N) is 2. The molecule has 4 rings (SSSR count). The highest BCUT2D eigenvalue weighted by molar-refractivity contribution is 6.05. The fourth-order valence-corrected chi connectivity index (χ4v) is 3.37. The van der Waals surface area contributed by atoms with Crippen molar-refractivity contribution in [2.24, 2.45) is 7.05 Å². The summed E-state index contributed by atoms with van der Waals surface area (Å²) in [5, 5.41) is 9.75. The molecule has 2 amide bonds. The number of halogens is 2. The fourth-order valence-electron chi connectivity index (χ4n) is 3.37. The van der Waals surface area contributed by atoms with Crippen LogP contribution in [0.15, 0.2) is 48.5 Å². The van der Waals surface area contributed by atoms with Crippen LogP contribution in [0.25, 0.3) is 0 Å². The molecule has 0 radical (unpaired) electrons. The lowest BCUT2D eigenvalue weighted by Crippen LogP contribution is -2.25. The third kappa shape index (κ3) is 3.13. The molecule has 1 aromatic heterocycles. The Kier molecular flexibility index (Phi) is 4.38. The average Bonchev–Trinajstić information content (AvgIpc) is 2.99. The number of hydrogen-bond donors (Lipinski definition) is 2. The number of nitrogens with one attached hydrogen (secondary N) is 2. The quantitative estimate of drug-likeness (QED) is 0.729. The van der Waals surface area contributed by atoms with E-state index >= 15 is 0 Å². The third-order valence-electron chi connectivity index (χ3n) is 4.70. The number of fused-ring (bicyclic) bond motifs is 1. The molecule has 0 saturated heterocycles. The van der Waals surface area contributed by atoms with Crippen molar-refractivity contribution in [3.05, 3.63) is 76.9 Å². The summed E-state index contributed by atoms with van der Waals surface area (Å²) in [6.07, 6.45) is 0.205. The number of carbonyl (C=O) groups excluding carboxylic acids is 2. The molecule has 0 saturated carbocycles. The summed E-state index contributed by atoms with van der Waals surface area (Å²) >= 11 is 0. The number of rotatable bonds is 3. The second-order valence-corrected chi connectivity index (χ2v) is 6.53. The maximum atomic E-state index is 13.5. The Morgan fingerprint density at radius 1 is 1.18 bits per heavy atom. The molecule has 142 valence electrons. The molecular weight excluding hydrogens is 366 g/mol. The van der Waals surface area contributed by atoms with Gasteiger partial charge in [-0.25, -0.2) is 8.78 Å². The van der Waals surface area contributed by atoms with Crippen LogP contribution in [0.3, 0.4) is 0 Å². The second-order valence-electron chi connectivity index (χ2n) is 6.53. The normalized spacial score (nSPS) is 15.7. The molecule has 8 heteroatoms. The number of anilines is 2. The molecule has 2 N–H and O–H groups in total. The van der Waals surface area contributed by atoms with Gasteiger partial charge >= 0.3 is 0 Å². The van der Waals surface area contributed by atoms with Crippen molar-refractivity contribution in [2.45, 2.75) is 12.3 Å². The molecule has 1 aliphatic rings. The van der Waals surface area contributed by atoms with E-state index in [2.05, 4.69) is 15.7 Å². The molecule has 0 bridgehead atoms. The monoisotopic (exact) mass is 382 g/mol. The van der Waals surface area contributed by atoms with Crippen LogP contribution in [-0.4, -0.2) is 21.6 Å². The highest BCUT2D eigenvalue weighted by Gasteiger charge is 2.33. The number of benzene rings is 2. The van der Waals surface area contributed by atoms with E-state index in [1.54, 1.807) is 7.05 Å². The summed E-state index contributed by atoms with van der Waals surface area (Å²) in [6.45, 7) is 0. The van der Waals surface area contributed by atoms with Gasteiger partial charge in [-0.2, -0.15) is 5.10 Å². The van der Waals surface area contributed by atoms with E-state index in [0.717, 1.165) is 17.7 Å². The van der Waals surface area contributed by atoms with Crippen molar-refractivity contribution < 1.29 is 18.4 Å². The van der Waals surface area contributed by atoms with E-state index in [-0.39, 0.29) is 29.6 Å². The SMILES string of the molecule is Cn1nc(NC(=O)c2ccc(F)c(F)c2)c2c1NC(=O)C[C@H]2c1ccccc1. The van der Waals surface area contributed by atoms with Crippen molar-refractivity contribution in [1.29, 1.82) is 0 Å². The summed E-state index contributed by atoms with van der Waals surface area (Å²) in [5.74, 6) is -2.44. The van der Waals surface area contributed by atoms with Crippen LogP contribution >= 0.6 is 0 Å². The molecule has 28 heavy (non-hydrogen) atoms. The van der Waals surface area contributed by atoms with E-state index in [1.807, 2.05) is 30.3 Å². The third-order valence-corrected chi connectivity index (χ3v) is 4.70. The van der Waals surface area contributed by atoms with Crippen LogP contribution < -0.4 is 10.6 Å². The Morgan fingerprint density at radius 3 is 2.64 bits per heavy atom. The minimum absolute atomic E-state index is 0.0330. The van der Waals surface area contributed by atoms with Gasteiger partial charge < -0.3 is 10.6 Å². The maximum absolute atomic E-state index is 13.5. The lowest BCUT2D eigenvalue weighted by atomic mass is 9.86. The molecule has 2 heterocycles. The Bertz CT molecular complexity index is 1080. The zero-order valence-electron chi connectivity index (χ0n) is 14.9. The average molecular weight is 382 g/mol. The Hall–Kier alpha value is -3.55.